The lowest BCUT2D eigenvalue weighted by molar-refractivity contribution is -0.129. The Morgan fingerprint density at radius 2 is 2.09 bits per heavy atom. The number of ether oxygens (including phenoxy) is 1. The second-order valence-electron chi connectivity index (χ2n) is 6.05. The number of rotatable bonds is 4. The van der Waals surface area contributed by atoms with Crippen molar-refractivity contribution in [3.8, 4) is 5.75 Å². The maximum Gasteiger partial charge on any atom is 0.256 e. The third-order valence-corrected chi connectivity index (χ3v) is 3.48. The molecular formula is C16H23N3O3. The molecule has 1 N–H and O–H groups in total. The molecule has 0 spiro atoms. The van der Waals surface area contributed by atoms with Crippen molar-refractivity contribution in [1.29, 1.82) is 0 Å². The van der Waals surface area contributed by atoms with Gasteiger partial charge in [0.05, 0.1) is 17.9 Å². The molecule has 1 atom stereocenters. The van der Waals surface area contributed by atoms with Crippen LogP contribution in [0.25, 0.3) is 0 Å². The summed E-state index contributed by atoms with van der Waals surface area (Å²) < 4.78 is 5.58. The molecule has 0 aromatic carbocycles. The van der Waals surface area contributed by atoms with E-state index in [4.69, 9.17) is 4.74 Å². The average Bonchev–Trinajstić information content (AvgIpc) is 2.45. The average molecular weight is 305 g/mol. The van der Waals surface area contributed by atoms with E-state index < -0.39 is 6.04 Å². The Morgan fingerprint density at radius 3 is 2.73 bits per heavy atom. The highest BCUT2D eigenvalue weighted by atomic mass is 16.5. The van der Waals surface area contributed by atoms with Gasteiger partial charge in [0.25, 0.3) is 5.91 Å². The first-order chi connectivity index (χ1) is 10.4. The van der Waals surface area contributed by atoms with E-state index >= 15 is 0 Å². The van der Waals surface area contributed by atoms with Crippen LogP contribution < -0.4 is 10.1 Å². The third kappa shape index (κ3) is 3.55. The number of aromatic nitrogens is 1. The SMILES string of the molecule is CC(C)Oc1cncc(C(=O)N2CCNC(=O)C2C(C)C)c1. The molecule has 0 saturated carbocycles. The van der Waals surface area contributed by atoms with E-state index in [9.17, 15) is 9.59 Å². The summed E-state index contributed by atoms with van der Waals surface area (Å²) in [5, 5.41) is 2.81. The van der Waals surface area contributed by atoms with Gasteiger partial charge in [-0.15, -0.1) is 0 Å². The molecule has 2 amide bonds. The smallest absolute Gasteiger partial charge is 0.256 e. The summed E-state index contributed by atoms with van der Waals surface area (Å²) in [6.45, 7) is 8.68. The van der Waals surface area contributed by atoms with E-state index in [0.717, 1.165) is 0 Å². The lowest BCUT2D eigenvalue weighted by atomic mass is 9.99. The van der Waals surface area contributed by atoms with Crippen LogP contribution >= 0.6 is 0 Å². The Balaban J connectivity index is 2.24. The van der Waals surface area contributed by atoms with Gasteiger partial charge in [-0.25, -0.2) is 0 Å². The largest absolute Gasteiger partial charge is 0.489 e. The van der Waals surface area contributed by atoms with Gasteiger partial charge in [0.15, 0.2) is 0 Å². The molecule has 22 heavy (non-hydrogen) atoms. The number of amides is 2. The molecule has 2 rings (SSSR count). The Hall–Kier alpha value is -2.11. The molecule has 2 heterocycles. The summed E-state index contributed by atoms with van der Waals surface area (Å²) in [5.74, 6) is 0.322. The molecule has 0 bridgehead atoms. The minimum atomic E-state index is -0.448. The maximum atomic E-state index is 12.7. The molecule has 6 nitrogen and oxygen atoms in total. The van der Waals surface area contributed by atoms with Crippen LogP contribution in [-0.2, 0) is 4.79 Å². The molecule has 1 aromatic rings. The van der Waals surface area contributed by atoms with E-state index in [0.29, 0.717) is 24.4 Å². The number of hydrogen-bond acceptors (Lipinski definition) is 4. The summed E-state index contributed by atoms with van der Waals surface area (Å²) in [6.07, 6.45) is 3.11. The predicted molar refractivity (Wildman–Crippen MR) is 82.7 cm³/mol. The Kier molecular flexibility index (Phi) is 5.00. The van der Waals surface area contributed by atoms with Gasteiger partial charge in [0.2, 0.25) is 5.91 Å². The number of carbonyl (C=O) groups is 2. The first-order valence-corrected chi connectivity index (χ1v) is 7.60. The van der Waals surface area contributed by atoms with Crippen molar-refractivity contribution in [2.24, 2.45) is 5.92 Å². The van der Waals surface area contributed by atoms with Crippen molar-refractivity contribution in [1.82, 2.24) is 15.2 Å². The number of hydrogen-bond donors (Lipinski definition) is 1. The molecule has 1 aromatic heterocycles. The number of nitrogens with zero attached hydrogens (tertiary/aromatic N) is 2. The van der Waals surface area contributed by atoms with Crippen LogP contribution in [0.4, 0.5) is 0 Å². The van der Waals surface area contributed by atoms with Crippen molar-refractivity contribution in [2.75, 3.05) is 13.1 Å². The number of carbonyl (C=O) groups excluding carboxylic acids is 2. The van der Waals surface area contributed by atoms with Crippen molar-refractivity contribution >= 4 is 11.8 Å². The summed E-state index contributed by atoms with van der Waals surface area (Å²) in [4.78, 5) is 30.5. The fourth-order valence-corrected chi connectivity index (χ4v) is 2.61. The number of nitrogens with one attached hydrogen (secondary N) is 1. The van der Waals surface area contributed by atoms with Crippen LogP contribution in [-0.4, -0.2) is 46.9 Å². The van der Waals surface area contributed by atoms with E-state index in [2.05, 4.69) is 10.3 Å². The van der Waals surface area contributed by atoms with Crippen LogP contribution in [0, 0.1) is 5.92 Å². The Bertz CT molecular complexity index is 557. The summed E-state index contributed by atoms with van der Waals surface area (Å²) in [6, 6.07) is 1.23. The lowest BCUT2D eigenvalue weighted by Gasteiger charge is -2.37. The highest BCUT2D eigenvalue weighted by molar-refractivity contribution is 5.98. The summed E-state index contributed by atoms with van der Waals surface area (Å²) in [7, 11) is 0. The zero-order chi connectivity index (χ0) is 16.3. The summed E-state index contributed by atoms with van der Waals surface area (Å²) >= 11 is 0. The molecule has 0 radical (unpaired) electrons. The van der Waals surface area contributed by atoms with Gasteiger partial charge in [0, 0.05) is 19.3 Å². The Labute approximate surface area is 130 Å². The second-order valence-corrected chi connectivity index (χ2v) is 6.05. The van der Waals surface area contributed by atoms with E-state index in [-0.39, 0.29) is 23.8 Å². The highest BCUT2D eigenvalue weighted by Crippen LogP contribution is 2.19. The fourth-order valence-electron chi connectivity index (χ4n) is 2.61. The Morgan fingerprint density at radius 1 is 1.36 bits per heavy atom. The summed E-state index contributed by atoms with van der Waals surface area (Å²) in [5.41, 5.74) is 0.443. The molecule has 1 aliphatic rings. The molecule has 1 saturated heterocycles. The minimum Gasteiger partial charge on any atom is -0.489 e. The van der Waals surface area contributed by atoms with Gasteiger partial charge in [0.1, 0.15) is 11.8 Å². The minimum absolute atomic E-state index is 0.0105. The number of pyridine rings is 1. The standard InChI is InChI=1S/C16H23N3O3/c1-10(2)14-15(20)18-5-6-19(14)16(21)12-7-13(9-17-8-12)22-11(3)4/h7-11,14H,5-6H2,1-4H3,(H,18,20). The monoisotopic (exact) mass is 305 g/mol. The van der Waals surface area contributed by atoms with Crippen molar-refractivity contribution in [3.05, 3.63) is 24.0 Å². The molecule has 1 fully saturated rings. The van der Waals surface area contributed by atoms with Crippen LogP contribution in [0.5, 0.6) is 5.75 Å². The topological polar surface area (TPSA) is 71.5 Å². The van der Waals surface area contributed by atoms with Gasteiger partial charge in [-0.3, -0.25) is 14.6 Å². The van der Waals surface area contributed by atoms with Gasteiger partial charge in [-0.2, -0.15) is 0 Å². The van der Waals surface area contributed by atoms with Crippen LogP contribution in [0.2, 0.25) is 0 Å². The third-order valence-electron chi connectivity index (χ3n) is 3.48. The predicted octanol–water partition coefficient (Wildman–Crippen LogP) is 1.47. The van der Waals surface area contributed by atoms with E-state index in [1.807, 2.05) is 27.7 Å². The van der Waals surface area contributed by atoms with Gasteiger partial charge in [-0.1, -0.05) is 13.8 Å². The van der Waals surface area contributed by atoms with Crippen LogP contribution in [0.3, 0.4) is 0 Å². The molecule has 0 aliphatic carbocycles. The second kappa shape index (κ2) is 6.77. The van der Waals surface area contributed by atoms with Crippen molar-refractivity contribution in [2.45, 2.75) is 39.8 Å². The van der Waals surface area contributed by atoms with Crippen molar-refractivity contribution in [3.63, 3.8) is 0 Å². The first-order valence-electron chi connectivity index (χ1n) is 7.60. The molecule has 1 aliphatic heterocycles. The zero-order valence-electron chi connectivity index (χ0n) is 13.5. The fraction of sp³-hybridized carbons (Fsp3) is 0.562. The normalized spacial score (nSPS) is 18.5. The maximum absolute atomic E-state index is 12.7. The number of piperazine rings is 1. The van der Waals surface area contributed by atoms with Crippen LogP contribution in [0.1, 0.15) is 38.1 Å². The van der Waals surface area contributed by atoms with E-state index in [1.54, 1.807) is 17.2 Å². The van der Waals surface area contributed by atoms with E-state index in [1.165, 1.54) is 6.20 Å². The lowest BCUT2D eigenvalue weighted by Crippen LogP contribution is -2.59. The quantitative estimate of drug-likeness (QED) is 0.914. The van der Waals surface area contributed by atoms with Gasteiger partial charge in [-0.05, 0) is 25.8 Å². The first kappa shape index (κ1) is 16.3. The molecule has 120 valence electrons. The molecular weight excluding hydrogens is 282 g/mol. The van der Waals surface area contributed by atoms with Crippen molar-refractivity contribution < 1.29 is 14.3 Å². The highest BCUT2D eigenvalue weighted by Gasteiger charge is 2.35. The molecule has 1 unspecified atom stereocenters. The molecule has 6 heteroatoms. The van der Waals surface area contributed by atoms with Gasteiger partial charge < -0.3 is 15.0 Å². The van der Waals surface area contributed by atoms with Crippen LogP contribution in [0.15, 0.2) is 18.5 Å². The zero-order valence-corrected chi connectivity index (χ0v) is 13.5. The van der Waals surface area contributed by atoms with Gasteiger partial charge >= 0.3 is 0 Å².